The highest BCUT2D eigenvalue weighted by Gasteiger charge is 2.65. The Kier molecular flexibility index (Phi) is 3.30. The zero-order valence-corrected chi connectivity index (χ0v) is 15.4. The quantitative estimate of drug-likeness (QED) is 0.706. The molecule has 4 fully saturated rings. The molecule has 4 aliphatic carbocycles. The van der Waals surface area contributed by atoms with Gasteiger partial charge in [-0.25, -0.2) is 0 Å². The topological polar surface area (TPSA) is 37.3 Å². The molecule has 0 amide bonds. The summed E-state index contributed by atoms with van der Waals surface area (Å²) in [4.78, 5) is 11.8. The SMILES string of the molecule is C[C@@H]1C[C@]23CC[C@H]4C(C)(C)C(C(=O)O)CC[C@]4(C)[C@H]2CC[C@@H]1C3. The first-order valence-corrected chi connectivity index (χ1v) is 9.93. The standard InChI is InChI=1S/C21H34O2/c1-13-11-21-10-8-16-19(2,3)15(18(22)23)7-9-20(16,4)17(21)6-5-14(13)12-21/h13-17H,5-12H2,1-4H3,(H,22,23)/t13-,14-,15?,16+,17-,20+,21+/m1/s1. The van der Waals surface area contributed by atoms with Crippen LogP contribution in [0.25, 0.3) is 0 Å². The van der Waals surface area contributed by atoms with Gasteiger partial charge in [-0.15, -0.1) is 0 Å². The van der Waals surface area contributed by atoms with Crippen molar-refractivity contribution in [3.05, 3.63) is 0 Å². The van der Waals surface area contributed by atoms with Gasteiger partial charge in [0, 0.05) is 0 Å². The minimum Gasteiger partial charge on any atom is -0.481 e. The van der Waals surface area contributed by atoms with E-state index in [0.717, 1.165) is 30.6 Å². The van der Waals surface area contributed by atoms with Crippen LogP contribution < -0.4 is 0 Å². The molecule has 0 aromatic carbocycles. The van der Waals surface area contributed by atoms with E-state index in [1.165, 1.54) is 38.5 Å². The summed E-state index contributed by atoms with van der Waals surface area (Å²) in [6.45, 7) is 9.55. The molecule has 2 heteroatoms. The predicted octanol–water partition coefficient (Wildman–Crippen LogP) is 5.37. The molecule has 0 radical (unpaired) electrons. The monoisotopic (exact) mass is 318 g/mol. The minimum absolute atomic E-state index is 0.0541. The third kappa shape index (κ3) is 1.96. The molecule has 0 saturated heterocycles. The lowest BCUT2D eigenvalue weighted by molar-refractivity contribution is -0.180. The first kappa shape index (κ1) is 16.0. The Balaban J connectivity index is 1.70. The lowest BCUT2D eigenvalue weighted by Gasteiger charge is -2.65. The van der Waals surface area contributed by atoms with Gasteiger partial charge < -0.3 is 5.11 Å². The van der Waals surface area contributed by atoms with E-state index in [2.05, 4.69) is 27.7 Å². The Hall–Kier alpha value is -0.530. The van der Waals surface area contributed by atoms with Crippen LogP contribution in [-0.2, 0) is 4.79 Å². The van der Waals surface area contributed by atoms with Gasteiger partial charge in [-0.05, 0) is 91.3 Å². The van der Waals surface area contributed by atoms with Crippen LogP contribution in [0.3, 0.4) is 0 Å². The van der Waals surface area contributed by atoms with Crippen LogP contribution in [0, 0.1) is 45.8 Å². The van der Waals surface area contributed by atoms with Crippen molar-refractivity contribution in [3.63, 3.8) is 0 Å². The summed E-state index contributed by atoms with van der Waals surface area (Å²) < 4.78 is 0. The zero-order valence-electron chi connectivity index (χ0n) is 15.4. The highest BCUT2D eigenvalue weighted by atomic mass is 16.4. The van der Waals surface area contributed by atoms with Gasteiger partial charge in [0.25, 0.3) is 0 Å². The lowest BCUT2D eigenvalue weighted by atomic mass is 9.39. The average Bonchev–Trinajstić information content (AvgIpc) is 2.67. The molecule has 4 saturated carbocycles. The molecular weight excluding hydrogens is 284 g/mol. The number of hydrogen-bond donors (Lipinski definition) is 1. The van der Waals surface area contributed by atoms with Crippen molar-refractivity contribution in [2.45, 2.75) is 79.1 Å². The van der Waals surface area contributed by atoms with Gasteiger partial charge in [0.15, 0.2) is 0 Å². The summed E-state index contributed by atoms with van der Waals surface area (Å²) >= 11 is 0. The molecule has 23 heavy (non-hydrogen) atoms. The van der Waals surface area contributed by atoms with E-state index in [-0.39, 0.29) is 11.3 Å². The fraction of sp³-hybridized carbons (Fsp3) is 0.952. The van der Waals surface area contributed by atoms with Crippen LogP contribution in [0.5, 0.6) is 0 Å². The van der Waals surface area contributed by atoms with Crippen molar-refractivity contribution in [2.75, 3.05) is 0 Å². The lowest BCUT2D eigenvalue weighted by Crippen LogP contribution is -2.58. The van der Waals surface area contributed by atoms with E-state index in [9.17, 15) is 9.90 Å². The number of fused-ring (bicyclic) bond motifs is 3. The molecule has 4 rings (SSSR count). The van der Waals surface area contributed by atoms with Crippen LogP contribution in [0.2, 0.25) is 0 Å². The maximum atomic E-state index is 11.8. The van der Waals surface area contributed by atoms with Crippen LogP contribution in [0.15, 0.2) is 0 Å². The second-order valence-electron chi connectivity index (χ2n) is 10.5. The van der Waals surface area contributed by atoms with E-state index in [0.29, 0.717) is 16.7 Å². The smallest absolute Gasteiger partial charge is 0.307 e. The maximum Gasteiger partial charge on any atom is 0.307 e. The van der Waals surface area contributed by atoms with E-state index >= 15 is 0 Å². The second-order valence-corrected chi connectivity index (χ2v) is 10.5. The Labute approximate surface area is 141 Å². The molecular formula is C21H34O2. The Morgan fingerprint density at radius 3 is 2.39 bits per heavy atom. The first-order valence-electron chi connectivity index (χ1n) is 9.93. The highest BCUT2D eigenvalue weighted by Crippen LogP contribution is 2.72. The van der Waals surface area contributed by atoms with Crippen LogP contribution in [0.1, 0.15) is 79.1 Å². The van der Waals surface area contributed by atoms with Gasteiger partial charge >= 0.3 is 5.97 Å². The molecule has 1 unspecified atom stereocenters. The van der Waals surface area contributed by atoms with Crippen LogP contribution >= 0.6 is 0 Å². The van der Waals surface area contributed by atoms with Crippen molar-refractivity contribution in [2.24, 2.45) is 45.8 Å². The van der Waals surface area contributed by atoms with Crippen molar-refractivity contribution in [1.82, 2.24) is 0 Å². The first-order chi connectivity index (χ1) is 10.7. The van der Waals surface area contributed by atoms with Crippen molar-refractivity contribution in [1.29, 1.82) is 0 Å². The van der Waals surface area contributed by atoms with E-state index in [4.69, 9.17) is 0 Å². The summed E-state index contributed by atoms with van der Waals surface area (Å²) in [7, 11) is 0. The van der Waals surface area contributed by atoms with Crippen LogP contribution in [0.4, 0.5) is 0 Å². The molecule has 0 aliphatic heterocycles. The molecule has 0 aromatic rings. The molecule has 130 valence electrons. The van der Waals surface area contributed by atoms with E-state index < -0.39 is 5.97 Å². The zero-order chi connectivity index (χ0) is 16.6. The maximum absolute atomic E-state index is 11.8. The van der Waals surface area contributed by atoms with Crippen molar-refractivity contribution in [3.8, 4) is 0 Å². The number of hydrogen-bond acceptors (Lipinski definition) is 1. The third-order valence-electron chi connectivity index (χ3n) is 9.36. The van der Waals surface area contributed by atoms with Gasteiger partial charge in [-0.1, -0.05) is 27.7 Å². The van der Waals surface area contributed by atoms with Crippen molar-refractivity contribution >= 4 is 5.97 Å². The molecule has 4 aliphatic rings. The Morgan fingerprint density at radius 1 is 0.957 bits per heavy atom. The molecule has 1 N–H and O–H groups in total. The van der Waals surface area contributed by atoms with Gasteiger partial charge in [-0.3, -0.25) is 4.79 Å². The largest absolute Gasteiger partial charge is 0.481 e. The normalized spacial score (nSPS) is 54.2. The molecule has 0 aromatic heterocycles. The predicted molar refractivity (Wildman–Crippen MR) is 92.0 cm³/mol. The fourth-order valence-electron chi connectivity index (χ4n) is 8.47. The molecule has 1 spiro atoms. The number of aliphatic carboxylic acids is 1. The number of rotatable bonds is 1. The number of carbonyl (C=O) groups is 1. The summed E-state index contributed by atoms with van der Waals surface area (Å²) in [5, 5.41) is 9.72. The van der Waals surface area contributed by atoms with Gasteiger partial charge in [0.2, 0.25) is 0 Å². The molecule has 2 bridgehead atoms. The van der Waals surface area contributed by atoms with E-state index in [1.807, 2.05) is 0 Å². The Morgan fingerprint density at radius 2 is 1.70 bits per heavy atom. The van der Waals surface area contributed by atoms with Gasteiger partial charge in [0.05, 0.1) is 5.92 Å². The second kappa shape index (κ2) is 4.76. The fourth-order valence-corrected chi connectivity index (χ4v) is 8.47. The molecule has 7 atom stereocenters. The van der Waals surface area contributed by atoms with Crippen molar-refractivity contribution < 1.29 is 9.90 Å². The Bertz CT molecular complexity index is 520. The summed E-state index contributed by atoms with van der Waals surface area (Å²) in [5.41, 5.74) is 0.934. The molecule has 2 nitrogen and oxygen atoms in total. The van der Waals surface area contributed by atoms with Gasteiger partial charge in [0.1, 0.15) is 0 Å². The minimum atomic E-state index is -0.560. The number of carboxylic acids is 1. The molecule has 0 heterocycles. The van der Waals surface area contributed by atoms with Gasteiger partial charge in [-0.2, -0.15) is 0 Å². The van der Waals surface area contributed by atoms with Crippen LogP contribution in [-0.4, -0.2) is 11.1 Å². The summed E-state index contributed by atoms with van der Waals surface area (Å²) in [6, 6.07) is 0. The summed E-state index contributed by atoms with van der Waals surface area (Å²) in [6.07, 6.45) is 10.4. The highest BCUT2D eigenvalue weighted by molar-refractivity contribution is 5.71. The number of carboxylic acid groups (broad SMARTS) is 1. The third-order valence-corrected chi connectivity index (χ3v) is 9.36. The average molecular weight is 319 g/mol. The summed E-state index contributed by atoms with van der Waals surface area (Å²) in [5.74, 6) is 2.64. The van der Waals surface area contributed by atoms with E-state index in [1.54, 1.807) is 0 Å².